The van der Waals surface area contributed by atoms with Gasteiger partial charge in [0.15, 0.2) is 0 Å². The zero-order valence-corrected chi connectivity index (χ0v) is 12.1. The van der Waals surface area contributed by atoms with Gasteiger partial charge in [-0.2, -0.15) is 0 Å². The molecule has 1 aliphatic rings. The quantitative estimate of drug-likeness (QED) is 0.901. The van der Waals surface area contributed by atoms with E-state index in [-0.39, 0.29) is 5.91 Å². The number of nitrogens with zero attached hydrogens (tertiary/aromatic N) is 1. The van der Waals surface area contributed by atoms with Crippen LogP contribution in [0.15, 0.2) is 24.3 Å². The lowest BCUT2D eigenvalue weighted by Crippen LogP contribution is -2.49. The summed E-state index contributed by atoms with van der Waals surface area (Å²) in [6.07, 6.45) is 1.58. The molecule has 1 aromatic carbocycles. The zero-order chi connectivity index (χ0) is 13.8. The summed E-state index contributed by atoms with van der Waals surface area (Å²) < 4.78 is 0. The molecule has 0 spiro atoms. The van der Waals surface area contributed by atoms with Crippen molar-refractivity contribution in [3.63, 3.8) is 0 Å². The molecular weight excluding hydrogens is 236 g/mol. The van der Waals surface area contributed by atoms with Crippen LogP contribution in [0.1, 0.15) is 24.5 Å². The second-order valence-electron chi connectivity index (χ2n) is 5.66. The number of rotatable bonds is 3. The van der Waals surface area contributed by atoms with Gasteiger partial charge in [-0.25, -0.2) is 0 Å². The summed E-state index contributed by atoms with van der Waals surface area (Å²) in [7, 11) is 2.00. The molecule has 0 aromatic heterocycles. The Morgan fingerprint density at radius 1 is 1.37 bits per heavy atom. The van der Waals surface area contributed by atoms with E-state index >= 15 is 0 Å². The monoisotopic (exact) mass is 260 g/mol. The minimum absolute atomic E-state index is 0.255. The van der Waals surface area contributed by atoms with Crippen LogP contribution in [0.4, 0.5) is 0 Å². The maximum Gasteiger partial charge on any atom is 0.227 e. The highest BCUT2D eigenvalue weighted by molar-refractivity contribution is 5.78. The first-order valence-electron chi connectivity index (χ1n) is 7.10. The molecule has 104 valence electrons. The Bertz CT molecular complexity index is 427. The van der Waals surface area contributed by atoms with Gasteiger partial charge >= 0.3 is 0 Å². The van der Waals surface area contributed by atoms with Crippen LogP contribution in [-0.4, -0.2) is 37.0 Å². The van der Waals surface area contributed by atoms with E-state index in [1.807, 2.05) is 11.9 Å². The maximum absolute atomic E-state index is 12.3. The molecule has 1 N–H and O–H groups in total. The second-order valence-corrected chi connectivity index (χ2v) is 5.66. The molecule has 1 saturated heterocycles. The molecule has 19 heavy (non-hydrogen) atoms. The first-order chi connectivity index (χ1) is 9.10. The summed E-state index contributed by atoms with van der Waals surface area (Å²) in [6.45, 7) is 6.03. The van der Waals surface area contributed by atoms with Gasteiger partial charge in [0, 0.05) is 19.1 Å². The third kappa shape index (κ3) is 3.57. The van der Waals surface area contributed by atoms with Crippen molar-refractivity contribution in [2.24, 2.45) is 5.92 Å². The van der Waals surface area contributed by atoms with Gasteiger partial charge in [-0.05, 0) is 31.9 Å². The molecular formula is C16H24N2O. The van der Waals surface area contributed by atoms with E-state index in [1.54, 1.807) is 0 Å². The molecule has 3 nitrogen and oxygen atoms in total. The lowest BCUT2D eigenvalue weighted by atomic mass is 9.93. The fourth-order valence-electron chi connectivity index (χ4n) is 2.79. The van der Waals surface area contributed by atoms with E-state index in [2.05, 4.69) is 43.4 Å². The van der Waals surface area contributed by atoms with Crippen molar-refractivity contribution in [3.05, 3.63) is 35.4 Å². The van der Waals surface area contributed by atoms with Crippen molar-refractivity contribution in [1.82, 2.24) is 10.2 Å². The van der Waals surface area contributed by atoms with Crippen LogP contribution in [0.5, 0.6) is 0 Å². The van der Waals surface area contributed by atoms with Crippen LogP contribution < -0.4 is 5.32 Å². The van der Waals surface area contributed by atoms with Gasteiger partial charge < -0.3 is 10.2 Å². The predicted molar refractivity (Wildman–Crippen MR) is 78.1 cm³/mol. The molecule has 2 unspecified atom stereocenters. The molecule has 2 rings (SSSR count). The van der Waals surface area contributed by atoms with E-state index in [0.29, 0.717) is 18.4 Å². The van der Waals surface area contributed by atoms with Crippen LogP contribution in [0.3, 0.4) is 0 Å². The van der Waals surface area contributed by atoms with Crippen LogP contribution in [-0.2, 0) is 11.2 Å². The molecule has 1 aromatic rings. The first kappa shape index (κ1) is 14.1. The van der Waals surface area contributed by atoms with Gasteiger partial charge in [-0.1, -0.05) is 36.8 Å². The van der Waals surface area contributed by atoms with Crippen LogP contribution in [0.25, 0.3) is 0 Å². The molecule has 1 aliphatic heterocycles. The minimum atomic E-state index is 0.255. The van der Waals surface area contributed by atoms with Crippen molar-refractivity contribution in [2.45, 2.75) is 32.7 Å². The molecule has 0 saturated carbocycles. The highest BCUT2D eigenvalue weighted by atomic mass is 16.2. The Morgan fingerprint density at radius 3 is 2.63 bits per heavy atom. The largest absolute Gasteiger partial charge is 0.342 e. The minimum Gasteiger partial charge on any atom is -0.342 e. The number of aryl methyl sites for hydroxylation is 1. The summed E-state index contributed by atoms with van der Waals surface area (Å²) in [4.78, 5) is 14.3. The van der Waals surface area contributed by atoms with Crippen molar-refractivity contribution in [2.75, 3.05) is 20.1 Å². The van der Waals surface area contributed by atoms with Crippen molar-refractivity contribution in [1.29, 1.82) is 0 Å². The van der Waals surface area contributed by atoms with E-state index in [0.717, 1.165) is 25.1 Å². The summed E-state index contributed by atoms with van der Waals surface area (Å²) in [5.74, 6) is 0.783. The topological polar surface area (TPSA) is 32.3 Å². The molecule has 0 bridgehead atoms. The Labute approximate surface area is 116 Å². The van der Waals surface area contributed by atoms with Crippen LogP contribution in [0, 0.1) is 12.8 Å². The standard InChI is InChI=1S/C16H24N2O/c1-12-4-6-14(7-5-12)10-16(19)18-9-8-15(17-3)13(2)11-18/h4-7,13,15,17H,8-11H2,1-3H3. The van der Waals surface area contributed by atoms with Gasteiger partial charge in [0.2, 0.25) is 5.91 Å². The first-order valence-corrected chi connectivity index (χ1v) is 7.10. The van der Waals surface area contributed by atoms with Gasteiger partial charge in [0.05, 0.1) is 6.42 Å². The number of hydrogen-bond acceptors (Lipinski definition) is 2. The lowest BCUT2D eigenvalue weighted by Gasteiger charge is -2.36. The van der Waals surface area contributed by atoms with E-state index in [1.165, 1.54) is 5.56 Å². The van der Waals surface area contributed by atoms with E-state index in [9.17, 15) is 4.79 Å². The molecule has 0 aliphatic carbocycles. The molecule has 1 heterocycles. The van der Waals surface area contributed by atoms with Crippen LogP contribution in [0.2, 0.25) is 0 Å². The Kier molecular flexibility index (Phi) is 4.59. The molecule has 3 heteroatoms. The van der Waals surface area contributed by atoms with Gasteiger partial charge in [0.25, 0.3) is 0 Å². The third-order valence-corrected chi connectivity index (χ3v) is 4.10. The average Bonchev–Trinajstić information content (AvgIpc) is 2.41. The summed E-state index contributed by atoms with van der Waals surface area (Å²) in [6, 6.07) is 8.79. The Balaban J connectivity index is 1.92. The maximum atomic E-state index is 12.3. The van der Waals surface area contributed by atoms with Crippen LogP contribution >= 0.6 is 0 Å². The summed E-state index contributed by atoms with van der Waals surface area (Å²) >= 11 is 0. The molecule has 1 amide bonds. The number of benzene rings is 1. The number of likely N-dealkylation sites (tertiary alicyclic amines) is 1. The third-order valence-electron chi connectivity index (χ3n) is 4.10. The van der Waals surface area contributed by atoms with Gasteiger partial charge in [-0.3, -0.25) is 4.79 Å². The number of nitrogens with one attached hydrogen (secondary N) is 1. The molecule has 0 radical (unpaired) electrons. The smallest absolute Gasteiger partial charge is 0.227 e. The fourth-order valence-corrected chi connectivity index (χ4v) is 2.79. The molecule has 2 atom stereocenters. The fraction of sp³-hybridized carbons (Fsp3) is 0.562. The van der Waals surface area contributed by atoms with Gasteiger partial charge in [-0.15, -0.1) is 0 Å². The van der Waals surface area contributed by atoms with Crippen molar-refractivity contribution < 1.29 is 4.79 Å². The Hall–Kier alpha value is -1.35. The Morgan fingerprint density at radius 2 is 2.05 bits per heavy atom. The lowest BCUT2D eigenvalue weighted by molar-refractivity contribution is -0.132. The van der Waals surface area contributed by atoms with Crippen molar-refractivity contribution in [3.8, 4) is 0 Å². The summed E-state index contributed by atoms with van der Waals surface area (Å²) in [5.41, 5.74) is 2.35. The van der Waals surface area contributed by atoms with Crippen molar-refractivity contribution >= 4 is 5.91 Å². The predicted octanol–water partition coefficient (Wildman–Crippen LogP) is 1.99. The van der Waals surface area contributed by atoms with E-state index in [4.69, 9.17) is 0 Å². The number of amides is 1. The summed E-state index contributed by atoms with van der Waals surface area (Å²) in [5, 5.41) is 3.33. The highest BCUT2D eigenvalue weighted by Crippen LogP contribution is 2.17. The number of piperidine rings is 1. The highest BCUT2D eigenvalue weighted by Gasteiger charge is 2.27. The number of hydrogen-bond donors (Lipinski definition) is 1. The zero-order valence-electron chi connectivity index (χ0n) is 12.1. The van der Waals surface area contributed by atoms with Gasteiger partial charge in [0.1, 0.15) is 0 Å². The second kappa shape index (κ2) is 6.20. The average molecular weight is 260 g/mol. The number of carbonyl (C=O) groups is 1. The van der Waals surface area contributed by atoms with E-state index < -0.39 is 0 Å². The SMILES string of the molecule is CNC1CCN(C(=O)Cc2ccc(C)cc2)CC1C. The number of carbonyl (C=O) groups excluding carboxylic acids is 1. The molecule has 1 fully saturated rings. The normalized spacial score (nSPS) is 23.4.